The van der Waals surface area contributed by atoms with E-state index in [1.807, 2.05) is 19.1 Å². The predicted octanol–water partition coefficient (Wildman–Crippen LogP) is 1.26. The van der Waals surface area contributed by atoms with Crippen LogP contribution in [0.4, 0.5) is 5.95 Å². The lowest BCUT2D eigenvalue weighted by Crippen LogP contribution is -2.53. The molecule has 1 saturated heterocycles. The number of aliphatic hydroxyl groups excluding tert-OH is 1. The van der Waals surface area contributed by atoms with Gasteiger partial charge in [-0.2, -0.15) is 4.98 Å². The highest BCUT2D eigenvalue weighted by Crippen LogP contribution is 2.20. The molecule has 3 heterocycles. The molecule has 2 aromatic heterocycles. The van der Waals surface area contributed by atoms with Crippen LogP contribution in [0.2, 0.25) is 0 Å². The van der Waals surface area contributed by atoms with Crippen LogP contribution in [0.1, 0.15) is 17.8 Å². The molecule has 3 rings (SSSR count). The summed E-state index contributed by atoms with van der Waals surface area (Å²) in [6, 6.07) is 8.08. The van der Waals surface area contributed by atoms with Crippen LogP contribution in [0.3, 0.4) is 0 Å². The van der Waals surface area contributed by atoms with Crippen molar-refractivity contribution in [2.45, 2.75) is 25.9 Å². The number of pyridine rings is 1. The van der Waals surface area contributed by atoms with Gasteiger partial charge in [-0.1, -0.05) is 6.07 Å². The number of piperazine rings is 1. The molecule has 1 N–H and O–H groups in total. The third kappa shape index (κ3) is 4.43. The molecule has 0 bridgehead atoms. The van der Waals surface area contributed by atoms with Crippen molar-refractivity contribution in [3.8, 4) is 5.88 Å². The number of aliphatic hydroxyl groups is 1. The quantitative estimate of drug-likeness (QED) is 0.846. The van der Waals surface area contributed by atoms with Crippen LogP contribution in [0.25, 0.3) is 0 Å². The first-order valence-electron chi connectivity index (χ1n) is 8.59. The van der Waals surface area contributed by atoms with E-state index in [9.17, 15) is 5.11 Å². The second-order valence-electron chi connectivity index (χ2n) is 6.25. The van der Waals surface area contributed by atoms with Crippen molar-refractivity contribution in [2.24, 2.45) is 0 Å². The van der Waals surface area contributed by atoms with Gasteiger partial charge >= 0.3 is 0 Å². The van der Waals surface area contributed by atoms with Gasteiger partial charge < -0.3 is 14.7 Å². The largest absolute Gasteiger partial charge is 0.481 e. The van der Waals surface area contributed by atoms with Gasteiger partial charge in [-0.15, -0.1) is 0 Å². The molecule has 25 heavy (non-hydrogen) atoms. The third-order valence-electron chi connectivity index (χ3n) is 4.49. The van der Waals surface area contributed by atoms with Crippen molar-refractivity contribution in [1.29, 1.82) is 0 Å². The molecule has 1 aliphatic rings. The molecule has 134 valence electrons. The lowest BCUT2D eigenvalue weighted by atomic mass is 10.1. The highest BCUT2D eigenvalue weighted by Gasteiger charge is 2.28. The van der Waals surface area contributed by atoms with E-state index in [1.54, 1.807) is 19.4 Å². The van der Waals surface area contributed by atoms with E-state index < -0.39 is 0 Å². The van der Waals surface area contributed by atoms with Crippen molar-refractivity contribution in [3.63, 3.8) is 0 Å². The lowest BCUT2D eigenvalue weighted by molar-refractivity contribution is 0.133. The highest BCUT2D eigenvalue weighted by molar-refractivity contribution is 5.33. The maximum Gasteiger partial charge on any atom is 0.228 e. The Hall–Kier alpha value is -2.25. The van der Waals surface area contributed by atoms with Gasteiger partial charge in [0.1, 0.15) is 0 Å². The molecule has 7 nitrogen and oxygen atoms in total. The summed E-state index contributed by atoms with van der Waals surface area (Å²) in [6.45, 7) is 5.45. The zero-order valence-corrected chi connectivity index (χ0v) is 14.8. The van der Waals surface area contributed by atoms with E-state index in [-0.39, 0.29) is 12.6 Å². The van der Waals surface area contributed by atoms with Crippen LogP contribution in [0, 0.1) is 6.92 Å². The van der Waals surface area contributed by atoms with Gasteiger partial charge in [-0.05, 0) is 25.5 Å². The van der Waals surface area contributed by atoms with E-state index in [4.69, 9.17) is 4.74 Å². The van der Waals surface area contributed by atoms with Gasteiger partial charge in [0.15, 0.2) is 0 Å². The number of nitrogens with zero attached hydrogens (tertiary/aromatic N) is 5. The summed E-state index contributed by atoms with van der Waals surface area (Å²) in [4.78, 5) is 17.9. The van der Waals surface area contributed by atoms with Gasteiger partial charge in [0.05, 0.1) is 12.8 Å². The van der Waals surface area contributed by atoms with E-state index in [0.717, 1.165) is 37.6 Å². The van der Waals surface area contributed by atoms with Crippen LogP contribution < -0.4 is 9.64 Å². The van der Waals surface area contributed by atoms with Gasteiger partial charge in [-0.3, -0.25) is 9.88 Å². The molecule has 0 saturated carbocycles. The summed E-state index contributed by atoms with van der Waals surface area (Å²) < 4.78 is 5.19. The normalized spacial score (nSPS) is 18.4. The van der Waals surface area contributed by atoms with Gasteiger partial charge in [0.25, 0.3) is 0 Å². The number of rotatable bonds is 6. The first-order chi connectivity index (χ1) is 12.2. The van der Waals surface area contributed by atoms with Crippen LogP contribution in [0.15, 0.2) is 30.5 Å². The molecule has 0 aliphatic carbocycles. The number of anilines is 1. The first kappa shape index (κ1) is 17.6. The Kier molecular flexibility index (Phi) is 5.78. The minimum atomic E-state index is 0.162. The maximum atomic E-state index is 9.47. The van der Waals surface area contributed by atoms with E-state index >= 15 is 0 Å². The van der Waals surface area contributed by atoms with Crippen LogP contribution in [-0.2, 0) is 6.54 Å². The van der Waals surface area contributed by atoms with Crippen LogP contribution >= 0.6 is 0 Å². The molecule has 1 aliphatic heterocycles. The van der Waals surface area contributed by atoms with Crippen LogP contribution in [-0.4, -0.2) is 64.4 Å². The second-order valence-corrected chi connectivity index (χ2v) is 6.25. The molecule has 0 radical (unpaired) electrons. The van der Waals surface area contributed by atoms with Crippen molar-refractivity contribution >= 4 is 5.95 Å². The molecule has 0 aromatic carbocycles. The molecule has 0 spiro atoms. The Labute approximate surface area is 148 Å². The lowest BCUT2D eigenvalue weighted by Gasteiger charge is -2.41. The number of aryl methyl sites for hydroxylation is 1. The molecule has 1 fully saturated rings. The standard InChI is InChI=1S/C18H25N5O2/c1-14-4-3-5-15(20-14)12-22-9-10-23(13-16(22)7-11-24)18-19-8-6-17(21-18)25-2/h3-6,8,16,24H,7,9-13H2,1-2H3/t16-/m1/s1. The predicted molar refractivity (Wildman–Crippen MR) is 95.7 cm³/mol. The fourth-order valence-corrected chi connectivity index (χ4v) is 3.20. The second kappa shape index (κ2) is 8.22. The number of ether oxygens (including phenoxy) is 1. The maximum absolute atomic E-state index is 9.47. The molecule has 2 aromatic rings. The van der Waals surface area contributed by atoms with Gasteiger partial charge in [0.2, 0.25) is 11.8 Å². The Morgan fingerprint density at radius 3 is 2.88 bits per heavy atom. The topological polar surface area (TPSA) is 74.6 Å². The van der Waals surface area contributed by atoms with Crippen molar-refractivity contribution in [2.75, 3.05) is 38.3 Å². The molecular weight excluding hydrogens is 318 g/mol. The zero-order valence-electron chi connectivity index (χ0n) is 14.8. The number of methoxy groups -OCH3 is 1. The van der Waals surface area contributed by atoms with Crippen molar-refractivity contribution in [1.82, 2.24) is 19.9 Å². The Bertz CT molecular complexity index is 697. The smallest absolute Gasteiger partial charge is 0.228 e. The molecular formula is C18H25N5O2. The first-order valence-corrected chi connectivity index (χ1v) is 8.59. The summed E-state index contributed by atoms with van der Waals surface area (Å²) in [5.74, 6) is 1.24. The van der Waals surface area contributed by atoms with Gasteiger partial charge in [-0.25, -0.2) is 4.98 Å². The monoisotopic (exact) mass is 343 g/mol. The van der Waals surface area contributed by atoms with Crippen molar-refractivity contribution in [3.05, 3.63) is 41.9 Å². The van der Waals surface area contributed by atoms with E-state index in [1.165, 1.54) is 0 Å². The number of aromatic nitrogens is 3. The van der Waals surface area contributed by atoms with Crippen molar-refractivity contribution < 1.29 is 9.84 Å². The summed E-state index contributed by atoms with van der Waals surface area (Å²) in [5.41, 5.74) is 2.09. The summed E-state index contributed by atoms with van der Waals surface area (Å²) in [6.07, 6.45) is 2.43. The highest BCUT2D eigenvalue weighted by atomic mass is 16.5. The summed E-state index contributed by atoms with van der Waals surface area (Å²) in [7, 11) is 1.60. The Morgan fingerprint density at radius 2 is 2.12 bits per heavy atom. The Morgan fingerprint density at radius 1 is 1.24 bits per heavy atom. The fraction of sp³-hybridized carbons (Fsp3) is 0.500. The SMILES string of the molecule is COc1ccnc(N2CCN(Cc3cccc(C)n3)[C@H](CCO)C2)n1. The average molecular weight is 343 g/mol. The minimum Gasteiger partial charge on any atom is -0.481 e. The molecule has 7 heteroatoms. The number of hydrogen-bond acceptors (Lipinski definition) is 7. The average Bonchev–Trinajstić information content (AvgIpc) is 2.63. The van der Waals surface area contributed by atoms with Crippen LogP contribution in [0.5, 0.6) is 5.88 Å². The summed E-state index contributed by atoms with van der Waals surface area (Å²) >= 11 is 0. The Balaban J connectivity index is 1.71. The zero-order chi connectivity index (χ0) is 17.6. The molecule has 1 atom stereocenters. The number of hydrogen-bond donors (Lipinski definition) is 1. The third-order valence-corrected chi connectivity index (χ3v) is 4.49. The van der Waals surface area contributed by atoms with E-state index in [2.05, 4.69) is 30.8 Å². The summed E-state index contributed by atoms with van der Waals surface area (Å²) in [5, 5.41) is 9.47. The molecule has 0 unspecified atom stereocenters. The molecule has 0 amide bonds. The van der Waals surface area contributed by atoms with Gasteiger partial charge in [0, 0.05) is 56.8 Å². The minimum absolute atomic E-state index is 0.162. The fourth-order valence-electron chi connectivity index (χ4n) is 3.20. The van der Waals surface area contributed by atoms with E-state index in [0.29, 0.717) is 18.2 Å².